The van der Waals surface area contributed by atoms with Crippen molar-refractivity contribution >= 4 is 23.3 Å². The first kappa shape index (κ1) is 14.8. The van der Waals surface area contributed by atoms with Crippen LogP contribution in [0.3, 0.4) is 0 Å². The Morgan fingerprint density at radius 2 is 1.94 bits per heavy atom. The molecule has 0 aliphatic heterocycles. The van der Waals surface area contributed by atoms with Crippen molar-refractivity contribution in [2.24, 2.45) is 5.41 Å². The molecule has 0 aliphatic carbocycles. The average Bonchev–Trinajstić information content (AvgIpc) is 2.25. The predicted octanol–water partition coefficient (Wildman–Crippen LogP) is 3.91. The Bertz CT molecular complexity index is 452. The molecule has 0 fully saturated rings. The number of hydrogen-bond acceptors (Lipinski definition) is 2. The summed E-state index contributed by atoms with van der Waals surface area (Å²) in [7, 11) is 1.99. The summed E-state index contributed by atoms with van der Waals surface area (Å²) >= 11 is 5.98. The van der Waals surface area contributed by atoms with Gasteiger partial charge in [-0.15, -0.1) is 0 Å². The summed E-state index contributed by atoms with van der Waals surface area (Å²) < 4.78 is 0. The molecule has 1 unspecified atom stereocenters. The summed E-state index contributed by atoms with van der Waals surface area (Å²) in [6.07, 6.45) is 0. The van der Waals surface area contributed by atoms with Crippen molar-refractivity contribution in [3.8, 4) is 0 Å². The number of anilines is 1. The largest absolute Gasteiger partial charge is 0.478 e. The fraction of sp³-hybridized carbons (Fsp3) is 0.500. The number of carboxylic acid groups (broad SMARTS) is 1. The Morgan fingerprint density at radius 3 is 2.33 bits per heavy atom. The second kappa shape index (κ2) is 5.19. The lowest BCUT2D eigenvalue weighted by atomic mass is 9.87. The highest BCUT2D eigenvalue weighted by Crippen LogP contribution is 2.29. The Labute approximate surface area is 113 Å². The van der Waals surface area contributed by atoms with Gasteiger partial charge in [-0.3, -0.25) is 0 Å². The van der Waals surface area contributed by atoms with Gasteiger partial charge in [-0.1, -0.05) is 32.4 Å². The summed E-state index contributed by atoms with van der Waals surface area (Å²) in [6.45, 7) is 8.64. The van der Waals surface area contributed by atoms with E-state index in [1.807, 2.05) is 7.05 Å². The molecule has 18 heavy (non-hydrogen) atoms. The van der Waals surface area contributed by atoms with Gasteiger partial charge in [0, 0.05) is 18.8 Å². The van der Waals surface area contributed by atoms with E-state index < -0.39 is 5.97 Å². The van der Waals surface area contributed by atoms with E-state index in [0.717, 1.165) is 5.69 Å². The molecular weight excluding hydrogens is 250 g/mol. The van der Waals surface area contributed by atoms with E-state index >= 15 is 0 Å². The van der Waals surface area contributed by atoms with Gasteiger partial charge in [0.2, 0.25) is 0 Å². The number of rotatable bonds is 3. The Kier molecular flexibility index (Phi) is 4.28. The quantitative estimate of drug-likeness (QED) is 0.904. The molecule has 0 aliphatic rings. The van der Waals surface area contributed by atoms with E-state index in [0.29, 0.717) is 6.04 Å². The van der Waals surface area contributed by atoms with Crippen molar-refractivity contribution in [2.45, 2.75) is 33.7 Å². The maximum atomic E-state index is 10.9. The van der Waals surface area contributed by atoms with Crippen molar-refractivity contribution in [2.75, 3.05) is 11.9 Å². The van der Waals surface area contributed by atoms with E-state index in [4.69, 9.17) is 16.7 Å². The lowest BCUT2D eigenvalue weighted by molar-refractivity contribution is 0.0697. The van der Waals surface area contributed by atoms with Crippen LogP contribution in [0.5, 0.6) is 0 Å². The maximum absolute atomic E-state index is 10.9. The topological polar surface area (TPSA) is 40.5 Å². The van der Waals surface area contributed by atoms with Crippen LogP contribution in [0.25, 0.3) is 0 Å². The zero-order chi connectivity index (χ0) is 14.1. The van der Waals surface area contributed by atoms with Gasteiger partial charge in [-0.2, -0.15) is 0 Å². The SMILES string of the molecule is CC(N(C)c1ccc(C(=O)O)c(Cl)c1)C(C)(C)C. The van der Waals surface area contributed by atoms with E-state index in [9.17, 15) is 4.79 Å². The van der Waals surface area contributed by atoms with Crippen LogP contribution in [0.15, 0.2) is 18.2 Å². The molecule has 0 amide bonds. The molecule has 4 heteroatoms. The minimum Gasteiger partial charge on any atom is -0.478 e. The second-order valence-corrected chi connectivity index (χ2v) is 6.03. The van der Waals surface area contributed by atoms with Crippen LogP contribution in [0.4, 0.5) is 5.69 Å². The molecule has 0 saturated heterocycles. The molecule has 0 heterocycles. The Balaban J connectivity index is 3.05. The van der Waals surface area contributed by atoms with Gasteiger partial charge in [-0.05, 0) is 30.5 Å². The lowest BCUT2D eigenvalue weighted by Gasteiger charge is -2.37. The van der Waals surface area contributed by atoms with Gasteiger partial charge in [0.1, 0.15) is 0 Å². The third kappa shape index (κ3) is 3.16. The minimum absolute atomic E-state index is 0.132. The Morgan fingerprint density at radius 1 is 1.39 bits per heavy atom. The average molecular weight is 270 g/mol. The van der Waals surface area contributed by atoms with Crippen molar-refractivity contribution in [3.63, 3.8) is 0 Å². The van der Waals surface area contributed by atoms with Gasteiger partial charge in [0.05, 0.1) is 10.6 Å². The maximum Gasteiger partial charge on any atom is 0.337 e. The van der Waals surface area contributed by atoms with Crippen LogP contribution in [-0.2, 0) is 0 Å². The molecule has 0 radical (unpaired) electrons. The normalized spacial score (nSPS) is 13.2. The van der Waals surface area contributed by atoms with E-state index in [1.165, 1.54) is 0 Å². The molecule has 100 valence electrons. The van der Waals surface area contributed by atoms with Crippen LogP contribution in [0.1, 0.15) is 38.1 Å². The minimum atomic E-state index is -1.00. The van der Waals surface area contributed by atoms with Gasteiger partial charge >= 0.3 is 5.97 Å². The summed E-state index contributed by atoms with van der Waals surface area (Å²) in [4.78, 5) is 13.0. The smallest absolute Gasteiger partial charge is 0.337 e. The fourth-order valence-corrected chi connectivity index (χ4v) is 1.96. The molecule has 1 atom stereocenters. The summed E-state index contributed by atoms with van der Waals surface area (Å²) in [5, 5.41) is 9.21. The number of carbonyl (C=O) groups is 1. The summed E-state index contributed by atoms with van der Waals surface area (Å²) in [5.74, 6) is -1.00. The molecule has 3 nitrogen and oxygen atoms in total. The zero-order valence-corrected chi connectivity index (χ0v) is 12.2. The number of nitrogens with zero attached hydrogens (tertiary/aromatic N) is 1. The van der Waals surface area contributed by atoms with E-state index in [-0.39, 0.29) is 16.0 Å². The van der Waals surface area contributed by atoms with Crippen LogP contribution in [0, 0.1) is 5.41 Å². The van der Waals surface area contributed by atoms with Crippen LogP contribution in [0.2, 0.25) is 5.02 Å². The zero-order valence-electron chi connectivity index (χ0n) is 11.5. The first-order chi connectivity index (χ1) is 8.14. The van der Waals surface area contributed by atoms with E-state index in [2.05, 4.69) is 32.6 Å². The third-order valence-electron chi connectivity index (χ3n) is 3.42. The highest BCUT2D eigenvalue weighted by atomic mass is 35.5. The predicted molar refractivity (Wildman–Crippen MR) is 75.7 cm³/mol. The lowest BCUT2D eigenvalue weighted by Crippen LogP contribution is -2.39. The standard InChI is InChI=1S/C14H20ClNO2/c1-9(14(2,3)4)16(5)10-6-7-11(13(17)18)12(15)8-10/h6-9H,1-5H3,(H,17,18). The molecule has 0 aromatic heterocycles. The molecule has 1 aromatic carbocycles. The van der Waals surface area contributed by atoms with Gasteiger partial charge in [0.15, 0.2) is 0 Å². The number of halogens is 1. The molecular formula is C14H20ClNO2. The van der Waals surface area contributed by atoms with Crippen molar-refractivity contribution in [1.29, 1.82) is 0 Å². The van der Waals surface area contributed by atoms with Crippen LogP contribution >= 0.6 is 11.6 Å². The van der Waals surface area contributed by atoms with Crippen molar-refractivity contribution in [1.82, 2.24) is 0 Å². The summed E-state index contributed by atoms with van der Waals surface area (Å²) in [6, 6.07) is 5.35. The fourth-order valence-electron chi connectivity index (χ4n) is 1.70. The monoisotopic (exact) mass is 269 g/mol. The molecule has 0 bridgehead atoms. The highest BCUT2D eigenvalue weighted by molar-refractivity contribution is 6.33. The highest BCUT2D eigenvalue weighted by Gasteiger charge is 2.24. The molecule has 1 N–H and O–H groups in total. The number of carboxylic acids is 1. The van der Waals surface area contributed by atoms with Crippen LogP contribution in [-0.4, -0.2) is 24.2 Å². The van der Waals surface area contributed by atoms with E-state index in [1.54, 1.807) is 18.2 Å². The van der Waals surface area contributed by atoms with Gasteiger partial charge in [0.25, 0.3) is 0 Å². The van der Waals surface area contributed by atoms with Crippen molar-refractivity contribution in [3.05, 3.63) is 28.8 Å². The second-order valence-electron chi connectivity index (χ2n) is 5.62. The van der Waals surface area contributed by atoms with Gasteiger partial charge < -0.3 is 10.0 Å². The number of benzene rings is 1. The first-order valence-electron chi connectivity index (χ1n) is 5.90. The molecule has 1 rings (SSSR count). The molecule has 1 aromatic rings. The van der Waals surface area contributed by atoms with Crippen molar-refractivity contribution < 1.29 is 9.90 Å². The number of aromatic carboxylic acids is 1. The third-order valence-corrected chi connectivity index (χ3v) is 3.74. The van der Waals surface area contributed by atoms with Crippen LogP contribution < -0.4 is 4.90 Å². The first-order valence-corrected chi connectivity index (χ1v) is 6.28. The molecule has 0 spiro atoms. The summed E-state index contributed by atoms with van der Waals surface area (Å²) in [5.41, 5.74) is 1.19. The number of hydrogen-bond donors (Lipinski definition) is 1. The Hall–Kier alpha value is -1.22. The molecule has 0 saturated carbocycles. The van der Waals surface area contributed by atoms with Gasteiger partial charge in [-0.25, -0.2) is 4.79 Å².